The van der Waals surface area contributed by atoms with Crippen molar-refractivity contribution in [3.05, 3.63) is 206 Å². The van der Waals surface area contributed by atoms with Gasteiger partial charge in [-0.3, -0.25) is 9.47 Å². The Bertz CT molecular complexity index is 3070. The van der Waals surface area contributed by atoms with E-state index < -0.39 is 0 Å². The Morgan fingerprint density at radius 3 is 1.71 bits per heavy atom. The molecule has 0 spiro atoms. The summed E-state index contributed by atoms with van der Waals surface area (Å²) in [5.74, 6) is 1.77. The fourth-order valence-corrected chi connectivity index (χ4v) is 8.21. The first-order valence-corrected chi connectivity index (χ1v) is 19.0. The zero-order valence-corrected chi connectivity index (χ0v) is 30.4. The van der Waals surface area contributed by atoms with Gasteiger partial charge in [0.15, 0.2) is 5.82 Å². The Labute approximate surface area is 325 Å². The predicted molar refractivity (Wildman–Crippen MR) is 232 cm³/mol. The first kappa shape index (κ1) is 31.9. The number of nitrogens with zero attached hydrogens (tertiary/aromatic N) is 4. The molecule has 0 aliphatic carbocycles. The molecule has 10 aromatic rings. The van der Waals surface area contributed by atoms with Gasteiger partial charge >= 0.3 is 0 Å². The highest BCUT2D eigenvalue weighted by Crippen LogP contribution is 2.50. The monoisotopic (exact) mass is 714 g/mol. The molecule has 1 aliphatic heterocycles. The van der Waals surface area contributed by atoms with Gasteiger partial charge in [-0.25, -0.2) is 9.97 Å². The molecule has 0 radical (unpaired) electrons. The van der Waals surface area contributed by atoms with Crippen LogP contribution >= 0.6 is 0 Å². The van der Waals surface area contributed by atoms with Crippen molar-refractivity contribution in [3.63, 3.8) is 0 Å². The van der Waals surface area contributed by atoms with Crippen LogP contribution in [-0.2, 0) is 0 Å². The van der Waals surface area contributed by atoms with E-state index in [0.717, 1.165) is 51.0 Å². The lowest BCUT2D eigenvalue weighted by Gasteiger charge is -2.27. The van der Waals surface area contributed by atoms with Crippen molar-refractivity contribution >= 4 is 38.9 Å². The molecule has 0 N–H and O–H groups in total. The molecule has 0 saturated carbocycles. The van der Waals surface area contributed by atoms with Crippen molar-refractivity contribution in [2.24, 2.45) is 0 Å². The lowest BCUT2D eigenvalue weighted by molar-refractivity contribution is 1.09. The van der Waals surface area contributed by atoms with Gasteiger partial charge in [0.1, 0.15) is 5.82 Å². The van der Waals surface area contributed by atoms with Crippen molar-refractivity contribution in [1.29, 1.82) is 0 Å². The summed E-state index contributed by atoms with van der Waals surface area (Å²) in [5, 5.41) is 3.60. The van der Waals surface area contributed by atoms with Crippen LogP contribution in [0.4, 0.5) is 17.2 Å². The van der Waals surface area contributed by atoms with Crippen LogP contribution in [0.2, 0.25) is 0 Å². The summed E-state index contributed by atoms with van der Waals surface area (Å²) in [4.78, 5) is 12.8. The van der Waals surface area contributed by atoms with Gasteiger partial charge in [-0.05, 0) is 70.4 Å². The molecule has 4 nitrogen and oxygen atoms in total. The van der Waals surface area contributed by atoms with E-state index in [0.29, 0.717) is 5.82 Å². The van der Waals surface area contributed by atoms with Crippen LogP contribution in [0.25, 0.3) is 83.5 Å². The lowest BCUT2D eigenvalue weighted by Crippen LogP contribution is -2.13. The van der Waals surface area contributed by atoms with E-state index in [-0.39, 0.29) is 0 Å². The fraction of sp³-hybridized carbons (Fsp3) is 0. The molecule has 0 amide bonds. The van der Waals surface area contributed by atoms with E-state index in [2.05, 4.69) is 191 Å². The third-order valence-corrected chi connectivity index (χ3v) is 10.9. The van der Waals surface area contributed by atoms with Gasteiger partial charge in [0.05, 0.1) is 28.3 Å². The molecule has 56 heavy (non-hydrogen) atoms. The molecule has 0 fully saturated rings. The van der Waals surface area contributed by atoms with Crippen molar-refractivity contribution in [2.45, 2.75) is 0 Å². The number of benzene rings is 8. The van der Waals surface area contributed by atoms with Crippen molar-refractivity contribution in [1.82, 2.24) is 14.5 Å². The van der Waals surface area contributed by atoms with E-state index >= 15 is 0 Å². The number of anilines is 3. The van der Waals surface area contributed by atoms with Crippen molar-refractivity contribution in [2.75, 3.05) is 4.90 Å². The molecular formula is C52H34N4. The summed E-state index contributed by atoms with van der Waals surface area (Å²) in [6.45, 7) is 0. The topological polar surface area (TPSA) is 34.0 Å². The standard InChI is InChI=1S/C52H34N4/c1-3-14-35(15-4-1)36-26-28-37(29-27-36)46-34-47(54-52(53-46)38-16-5-2-6-17-38)41-21-13-22-43(30-41)55-50-32-40-19-8-7-18-39(40)31-45(50)44-23-10-12-25-49(44)56-48-24-11-9-20-42(48)33-51(55)56/h1-34H. The molecule has 1 aliphatic rings. The normalized spacial score (nSPS) is 11.9. The zero-order chi connectivity index (χ0) is 37.0. The van der Waals surface area contributed by atoms with Crippen molar-refractivity contribution < 1.29 is 0 Å². The minimum Gasteiger partial charge on any atom is -0.295 e. The number of rotatable bonds is 5. The summed E-state index contributed by atoms with van der Waals surface area (Å²) in [6.07, 6.45) is 0. The number of para-hydroxylation sites is 2. The number of aromatic nitrogens is 3. The Morgan fingerprint density at radius 2 is 0.929 bits per heavy atom. The number of hydrogen-bond acceptors (Lipinski definition) is 3. The van der Waals surface area contributed by atoms with Gasteiger partial charge in [0, 0.05) is 38.9 Å². The summed E-state index contributed by atoms with van der Waals surface area (Å²) >= 11 is 0. The smallest absolute Gasteiger partial charge is 0.160 e. The average Bonchev–Trinajstić information content (AvgIpc) is 3.60. The molecule has 2 aromatic heterocycles. The SMILES string of the molecule is c1ccc(-c2ccc(-c3cc(-c4cccc(N5c6cc7ccccc7cc6-c6ccccc6-n6c5cc5ccccc56)c4)nc(-c4ccccc4)n3)cc2)cc1. The second-order valence-electron chi connectivity index (χ2n) is 14.3. The summed E-state index contributed by atoms with van der Waals surface area (Å²) in [7, 11) is 0. The molecular weight excluding hydrogens is 681 g/mol. The van der Waals surface area contributed by atoms with Crippen LogP contribution in [0.3, 0.4) is 0 Å². The predicted octanol–water partition coefficient (Wildman–Crippen LogP) is 13.7. The Kier molecular flexibility index (Phi) is 7.46. The Balaban J connectivity index is 1.11. The molecule has 262 valence electrons. The van der Waals surface area contributed by atoms with Crippen LogP contribution in [0.5, 0.6) is 0 Å². The highest BCUT2D eigenvalue weighted by molar-refractivity contribution is 6.04. The minimum absolute atomic E-state index is 0.692. The molecule has 0 bridgehead atoms. The molecule has 0 atom stereocenters. The van der Waals surface area contributed by atoms with Crippen LogP contribution in [0, 0.1) is 0 Å². The van der Waals surface area contributed by atoms with Gasteiger partial charge in [-0.15, -0.1) is 0 Å². The van der Waals surface area contributed by atoms with E-state index in [1.165, 1.54) is 43.9 Å². The fourth-order valence-electron chi connectivity index (χ4n) is 8.21. The maximum Gasteiger partial charge on any atom is 0.160 e. The Hall–Kier alpha value is -7.56. The quantitative estimate of drug-likeness (QED) is 0.178. The second-order valence-corrected chi connectivity index (χ2v) is 14.3. The van der Waals surface area contributed by atoms with Crippen molar-refractivity contribution in [3.8, 4) is 61.8 Å². The zero-order valence-electron chi connectivity index (χ0n) is 30.4. The number of hydrogen-bond donors (Lipinski definition) is 0. The van der Waals surface area contributed by atoms with Gasteiger partial charge in [-0.2, -0.15) is 0 Å². The summed E-state index contributed by atoms with van der Waals surface area (Å²) in [6, 6.07) is 73.4. The molecule has 4 heteroatoms. The second kappa shape index (κ2) is 13.1. The third-order valence-electron chi connectivity index (χ3n) is 10.9. The van der Waals surface area contributed by atoms with E-state index in [9.17, 15) is 0 Å². The van der Waals surface area contributed by atoms with Crippen LogP contribution in [-0.4, -0.2) is 14.5 Å². The van der Waals surface area contributed by atoms with Crippen LogP contribution in [0.15, 0.2) is 206 Å². The van der Waals surface area contributed by atoms with E-state index in [1.807, 2.05) is 24.3 Å². The van der Waals surface area contributed by atoms with Gasteiger partial charge in [-0.1, -0.05) is 158 Å². The maximum atomic E-state index is 5.23. The van der Waals surface area contributed by atoms with E-state index in [4.69, 9.17) is 9.97 Å². The molecule has 3 heterocycles. The highest BCUT2D eigenvalue weighted by Gasteiger charge is 2.28. The molecule has 0 saturated heterocycles. The van der Waals surface area contributed by atoms with E-state index in [1.54, 1.807) is 0 Å². The molecule has 11 rings (SSSR count). The third kappa shape index (κ3) is 5.39. The van der Waals surface area contributed by atoms with Crippen LogP contribution < -0.4 is 4.90 Å². The minimum atomic E-state index is 0.692. The first-order chi connectivity index (χ1) is 27.7. The van der Waals surface area contributed by atoms with Crippen LogP contribution in [0.1, 0.15) is 0 Å². The lowest BCUT2D eigenvalue weighted by atomic mass is 9.97. The van der Waals surface area contributed by atoms with Gasteiger partial charge < -0.3 is 0 Å². The average molecular weight is 715 g/mol. The largest absolute Gasteiger partial charge is 0.295 e. The maximum absolute atomic E-state index is 5.23. The highest BCUT2D eigenvalue weighted by atomic mass is 15.3. The Morgan fingerprint density at radius 1 is 0.339 bits per heavy atom. The van der Waals surface area contributed by atoms with Gasteiger partial charge in [0.2, 0.25) is 0 Å². The first-order valence-electron chi connectivity index (χ1n) is 19.0. The number of fused-ring (bicyclic) bond motifs is 8. The molecule has 8 aromatic carbocycles. The van der Waals surface area contributed by atoms with Gasteiger partial charge in [0.25, 0.3) is 0 Å². The summed E-state index contributed by atoms with van der Waals surface area (Å²) in [5.41, 5.74) is 14.0. The summed E-state index contributed by atoms with van der Waals surface area (Å²) < 4.78 is 2.41. The molecule has 0 unspecified atom stereocenters.